The predicted octanol–water partition coefficient (Wildman–Crippen LogP) is 6.73. The highest BCUT2D eigenvalue weighted by Gasteiger charge is 2.20. The van der Waals surface area contributed by atoms with E-state index in [1.54, 1.807) is 6.92 Å². The summed E-state index contributed by atoms with van der Waals surface area (Å²) in [6, 6.07) is 0. The van der Waals surface area contributed by atoms with Crippen molar-refractivity contribution in [2.45, 2.75) is 122 Å². The lowest BCUT2D eigenvalue weighted by molar-refractivity contribution is -0.870. The molecule has 0 bridgehead atoms. The third-order valence-electron chi connectivity index (χ3n) is 6.43. The van der Waals surface area contributed by atoms with Gasteiger partial charge in [0.2, 0.25) is 0 Å². The van der Waals surface area contributed by atoms with Gasteiger partial charge in [0, 0.05) is 6.61 Å². The molecule has 0 amide bonds. The molecule has 0 aromatic carbocycles. The van der Waals surface area contributed by atoms with E-state index in [0.29, 0.717) is 33.0 Å². The number of hydrogen-bond acceptors (Lipinski definition) is 5. The molecule has 0 aromatic rings. The number of rotatable bonds is 29. The Balaban J connectivity index is 3.29. The number of ether oxygens (including phenoxy) is 4. The van der Waals surface area contributed by atoms with Crippen LogP contribution in [0.25, 0.3) is 0 Å². The van der Waals surface area contributed by atoms with Gasteiger partial charge in [0.25, 0.3) is 0 Å². The average molecular weight is 519 g/mol. The largest absolute Gasteiger partial charge is 0.377 e. The summed E-state index contributed by atoms with van der Waals surface area (Å²) < 4.78 is 23.1. The van der Waals surface area contributed by atoms with Crippen molar-refractivity contribution in [1.29, 1.82) is 0 Å². The van der Waals surface area contributed by atoms with Crippen molar-refractivity contribution in [1.82, 2.24) is 0 Å². The molecule has 36 heavy (non-hydrogen) atoms. The van der Waals surface area contributed by atoms with Crippen molar-refractivity contribution in [2.24, 2.45) is 0 Å². The maximum absolute atomic E-state index is 10.3. The second-order valence-electron chi connectivity index (χ2n) is 11.6. The smallest absolute Gasteiger partial charge is 0.186 e. The van der Waals surface area contributed by atoms with Crippen molar-refractivity contribution in [3.05, 3.63) is 0 Å². The van der Waals surface area contributed by atoms with Crippen molar-refractivity contribution >= 4 is 0 Å². The van der Waals surface area contributed by atoms with E-state index in [4.69, 9.17) is 18.9 Å². The maximum atomic E-state index is 10.3. The Morgan fingerprint density at radius 1 is 0.528 bits per heavy atom. The third kappa shape index (κ3) is 30.0. The Bertz CT molecular complexity index is 440. The zero-order valence-electron chi connectivity index (χ0n) is 25.0. The van der Waals surface area contributed by atoms with Crippen molar-refractivity contribution < 1.29 is 28.5 Å². The lowest BCUT2D eigenvalue weighted by Gasteiger charge is -2.24. The van der Waals surface area contributed by atoms with Crippen LogP contribution >= 0.6 is 0 Å². The van der Waals surface area contributed by atoms with Crippen LogP contribution in [0.3, 0.4) is 0 Å². The first-order valence-corrected chi connectivity index (χ1v) is 15.2. The summed E-state index contributed by atoms with van der Waals surface area (Å²) >= 11 is 0. The molecule has 0 aromatic heterocycles. The Morgan fingerprint density at radius 2 is 0.944 bits per heavy atom. The molecule has 0 saturated carbocycles. The van der Waals surface area contributed by atoms with E-state index >= 15 is 0 Å². The zero-order chi connectivity index (χ0) is 26.8. The van der Waals surface area contributed by atoms with Crippen LogP contribution in [0.5, 0.6) is 0 Å². The summed E-state index contributed by atoms with van der Waals surface area (Å²) in [5.74, 6) is -1.26. The van der Waals surface area contributed by atoms with Gasteiger partial charge in [-0.25, -0.2) is 0 Å². The van der Waals surface area contributed by atoms with E-state index in [-0.39, 0.29) is 6.61 Å². The Hall–Kier alpha value is -0.240. The highest BCUT2D eigenvalue weighted by Crippen LogP contribution is 2.14. The standard InChI is InChI=1S/C30H64NO5/c1-6-7-8-9-10-11-12-13-14-15-16-17-18-19-20-21-23-35-29-30(2,32)36-28-27-34-26-25-33-24-22-31(3,4)5/h32H,6-29H2,1-5H3/q+1. The molecule has 1 unspecified atom stereocenters. The van der Waals surface area contributed by atoms with Gasteiger partial charge in [0.05, 0.1) is 54.2 Å². The van der Waals surface area contributed by atoms with Gasteiger partial charge >= 0.3 is 0 Å². The topological polar surface area (TPSA) is 57.2 Å². The van der Waals surface area contributed by atoms with Crippen LogP contribution in [0.1, 0.15) is 117 Å². The molecule has 218 valence electrons. The van der Waals surface area contributed by atoms with Gasteiger partial charge in [-0.2, -0.15) is 0 Å². The minimum absolute atomic E-state index is 0.194. The normalized spacial score (nSPS) is 13.8. The van der Waals surface area contributed by atoms with Gasteiger partial charge in [-0.15, -0.1) is 0 Å². The van der Waals surface area contributed by atoms with Crippen molar-refractivity contribution in [2.75, 3.05) is 73.9 Å². The number of unbranched alkanes of at least 4 members (excludes halogenated alkanes) is 15. The Labute approximate surface area is 225 Å². The van der Waals surface area contributed by atoms with Crippen LogP contribution in [0.15, 0.2) is 0 Å². The van der Waals surface area contributed by atoms with Crippen LogP contribution < -0.4 is 0 Å². The monoisotopic (exact) mass is 518 g/mol. The van der Waals surface area contributed by atoms with Gasteiger partial charge in [-0.1, -0.05) is 103 Å². The van der Waals surface area contributed by atoms with E-state index in [9.17, 15) is 5.11 Å². The highest BCUT2D eigenvalue weighted by atomic mass is 16.7. The van der Waals surface area contributed by atoms with Crippen LogP contribution in [0.4, 0.5) is 0 Å². The number of nitrogens with zero attached hydrogens (tertiary/aromatic N) is 1. The van der Waals surface area contributed by atoms with E-state index < -0.39 is 5.79 Å². The fourth-order valence-corrected chi connectivity index (χ4v) is 4.04. The summed E-state index contributed by atoms with van der Waals surface area (Å²) in [4.78, 5) is 0. The second-order valence-corrected chi connectivity index (χ2v) is 11.6. The van der Waals surface area contributed by atoms with Gasteiger partial charge in [-0.3, -0.25) is 0 Å². The quantitative estimate of drug-likeness (QED) is 0.0676. The van der Waals surface area contributed by atoms with Crippen LogP contribution in [-0.4, -0.2) is 89.3 Å². The summed E-state index contributed by atoms with van der Waals surface area (Å²) in [7, 11) is 6.44. The predicted molar refractivity (Wildman–Crippen MR) is 151 cm³/mol. The number of hydrogen-bond donors (Lipinski definition) is 1. The first-order valence-electron chi connectivity index (χ1n) is 15.2. The lowest BCUT2D eigenvalue weighted by atomic mass is 10.0. The molecule has 0 fully saturated rings. The van der Waals surface area contributed by atoms with Gasteiger partial charge in [0.15, 0.2) is 5.79 Å². The second kappa shape index (κ2) is 25.1. The van der Waals surface area contributed by atoms with Crippen LogP contribution in [0, 0.1) is 0 Å². The number of aliphatic hydroxyl groups is 1. The summed E-state index contributed by atoms with van der Waals surface area (Å²) in [5, 5.41) is 10.3. The molecule has 0 aliphatic carbocycles. The molecule has 0 aliphatic rings. The van der Waals surface area contributed by atoms with E-state index in [1.165, 1.54) is 96.3 Å². The zero-order valence-corrected chi connectivity index (χ0v) is 25.0. The van der Waals surface area contributed by atoms with Gasteiger partial charge in [-0.05, 0) is 13.3 Å². The summed E-state index contributed by atoms with van der Waals surface area (Å²) in [6.45, 7) is 8.42. The molecular formula is C30H64NO5+. The molecule has 0 spiro atoms. The van der Waals surface area contributed by atoms with Crippen molar-refractivity contribution in [3.8, 4) is 0 Å². The molecule has 1 atom stereocenters. The Morgan fingerprint density at radius 3 is 1.42 bits per heavy atom. The van der Waals surface area contributed by atoms with E-state index in [0.717, 1.165) is 24.1 Å². The fraction of sp³-hybridized carbons (Fsp3) is 1.00. The third-order valence-corrected chi connectivity index (χ3v) is 6.43. The molecule has 0 radical (unpaired) electrons. The molecule has 6 nitrogen and oxygen atoms in total. The molecule has 0 heterocycles. The molecule has 0 aliphatic heterocycles. The van der Waals surface area contributed by atoms with E-state index in [1.807, 2.05) is 0 Å². The molecular weight excluding hydrogens is 454 g/mol. The first-order chi connectivity index (χ1) is 17.3. The maximum Gasteiger partial charge on any atom is 0.186 e. The minimum Gasteiger partial charge on any atom is -0.377 e. The fourth-order valence-electron chi connectivity index (χ4n) is 4.04. The first kappa shape index (κ1) is 35.8. The molecule has 0 saturated heterocycles. The van der Waals surface area contributed by atoms with E-state index in [2.05, 4.69) is 28.1 Å². The van der Waals surface area contributed by atoms with Crippen LogP contribution in [-0.2, 0) is 18.9 Å². The number of likely N-dealkylation sites (N-methyl/N-ethyl adjacent to an activating group) is 1. The molecule has 1 N–H and O–H groups in total. The summed E-state index contributed by atoms with van der Waals surface area (Å²) in [5.41, 5.74) is 0. The molecule has 0 rings (SSSR count). The minimum atomic E-state index is -1.26. The van der Waals surface area contributed by atoms with Crippen molar-refractivity contribution in [3.63, 3.8) is 0 Å². The van der Waals surface area contributed by atoms with Gasteiger partial charge in [0.1, 0.15) is 13.2 Å². The highest BCUT2D eigenvalue weighted by molar-refractivity contribution is 4.58. The van der Waals surface area contributed by atoms with Crippen LogP contribution in [0.2, 0.25) is 0 Å². The lowest BCUT2D eigenvalue weighted by Crippen LogP contribution is -2.37. The molecule has 6 heteroatoms. The Kier molecular flexibility index (Phi) is 24.9. The summed E-state index contributed by atoms with van der Waals surface area (Å²) in [6.07, 6.45) is 21.8. The van der Waals surface area contributed by atoms with Gasteiger partial charge < -0.3 is 28.5 Å². The number of quaternary nitrogens is 1. The SMILES string of the molecule is CCCCCCCCCCCCCCCCCCOCC(C)(O)OCCOCCOCC[N+](C)(C)C. The average Bonchev–Trinajstić information content (AvgIpc) is 2.81.